The Balaban J connectivity index is 1.62. The molecule has 1 amide bonds. The van der Waals surface area contributed by atoms with Crippen molar-refractivity contribution in [1.82, 2.24) is 14.5 Å². The number of carbonyl (C=O) groups is 1. The number of hydrogen-bond acceptors (Lipinski definition) is 4. The van der Waals surface area contributed by atoms with Gasteiger partial charge in [-0.15, -0.1) is 0 Å². The van der Waals surface area contributed by atoms with Gasteiger partial charge >= 0.3 is 0 Å². The van der Waals surface area contributed by atoms with Crippen molar-refractivity contribution in [3.05, 3.63) is 33.8 Å². The molecule has 1 N–H and O–H groups in total. The van der Waals surface area contributed by atoms with Gasteiger partial charge in [-0.3, -0.25) is 4.79 Å². The molecule has 1 aromatic carbocycles. The zero-order valence-electron chi connectivity index (χ0n) is 16.0. The highest BCUT2D eigenvalue weighted by atomic mass is 35.5. The van der Waals surface area contributed by atoms with Gasteiger partial charge in [0.1, 0.15) is 0 Å². The van der Waals surface area contributed by atoms with E-state index in [1.807, 2.05) is 0 Å². The molecule has 2 fully saturated rings. The smallest absolute Gasteiger partial charge is 0.224 e. The summed E-state index contributed by atoms with van der Waals surface area (Å²) in [4.78, 5) is 14.9. The highest BCUT2D eigenvalue weighted by Crippen LogP contribution is 2.29. The predicted octanol–water partition coefficient (Wildman–Crippen LogP) is 2.75. The van der Waals surface area contributed by atoms with Gasteiger partial charge in [0.15, 0.2) is 0 Å². The topological polar surface area (TPSA) is 69.7 Å². The Morgan fingerprint density at radius 2 is 1.79 bits per heavy atom. The van der Waals surface area contributed by atoms with E-state index in [2.05, 4.69) is 17.3 Å². The summed E-state index contributed by atoms with van der Waals surface area (Å²) in [6.07, 6.45) is 3.24. The average molecular weight is 448 g/mol. The van der Waals surface area contributed by atoms with Crippen LogP contribution in [0.4, 0.5) is 0 Å². The fraction of sp³-hybridized carbons (Fsp3) is 0.632. The van der Waals surface area contributed by atoms with Crippen LogP contribution in [0.15, 0.2) is 18.2 Å². The van der Waals surface area contributed by atoms with E-state index in [-0.39, 0.29) is 30.2 Å². The second-order valence-electron chi connectivity index (χ2n) is 7.74. The summed E-state index contributed by atoms with van der Waals surface area (Å²) >= 11 is 12.3. The van der Waals surface area contributed by atoms with E-state index in [9.17, 15) is 13.2 Å². The molecule has 1 unspecified atom stereocenters. The van der Waals surface area contributed by atoms with Crippen molar-refractivity contribution in [2.75, 3.05) is 33.2 Å². The van der Waals surface area contributed by atoms with Crippen molar-refractivity contribution >= 4 is 39.1 Å². The molecule has 0 spiro atoms. The number of carbonyl (C=O) groups excluding carboxylic acids is 1. The fourth-order valence-corrected chi connectivity index (χ4v) is 6.19. The SMILES string of the molecule is CN1CCC(NC(=O)C2CCCN(S(=O)(=O)Cc3c(Cl)cccc3Cl)C2)CC1. The molecule has 1 atom stereocenters. The van der Waals surface area contributed by atoms with Gasteiger partial charge in [0, 0.05) is 34.7 Å². The Morgan fingerprint density at radius 3 is 2.43 bits per heavy atom. The maximum Gasteiger partial charge on any atom is 0.224 e. The van der Waals surface area contributed by atoms with Gasteiger partial charge < -0.3 is 10.2 Å². The van der Waals surface area contributed by atoms with Crippen molar-refractivity contribution in [3.63, 3.8) is 0 Å². The minimum absolute atomic E-state index is 0.0368. The lowest BCUT2D eigenvalue weighted by molar-refractivity contribution is -0.127. The van der Waals surface area contributed by atoms with Crippen LogP contribution in [0.1, 0.15) is 31.2 Å². The summed E-state index contributed by atoms with van der Waals surface area (Å²) in [7, 11) is -1.53. The number of likely N-dealkylation sites (tertiary alicyclic amines) is 1. The van der Waals surface area contributed by atoms with Crippen LogP contribution in [0.25, 0.3) is 0 Å². The monoisotopic (exact) mass is 447 g/mol. The zero-order valence-corrected chi connectivity index (χ0v) is 18.4. The third-order valence-electron chi connectivity index (χ3n) is 5.60. The number of benzene rings is 1. The third kappa shape index (κ3) is 5.39. The van der Waals surface area contributed by atoms with E-state index in [0.29, 0.717) is 35.0 Å². The summed E-state index contributed by atoms with van der Waals surface area (Å²) in [6, 6.07) is 5.13. The summed E-state index contributed by atoms with van der Waals surface area (Å²) in [5.41, 5.74) is 0.406. The number of hydrogen-bond donors (Lipinski definition) is 1. The Hall–Kier alpha value is -0.860. The Morgan fingerprint density at radius 1 is 1.14 bits per heavy atom. The number of piperidine rings is 2. The highest BCUT2D eigenvalue weighted by molar-refractivity contribution is 7.88. The molecule has 0 bridgehead atoms. The second-order valence-corrected chi connectivity index (χ2v) is 10.5. The van der Waals surface area contributed by atoms with Crippen molar-refractivity contribution in [1.29, 1.82) is 0 Å². The van der Waals surface area contributed by atoms with Gasteiger partial charge in [-0.1, -0.05) is 29.3 Å². The van der Waals surface area contributed by atoms with Crippen molar-refractivity contribution in [3.8, 4) is 0 Å². The molecule has 6 nitrogen and oxygen atoms in total. The minimum atomic E-state index is -3.61. The van der Waals surface area contributed by atoms with E-state index in [4.69, 9.17) is 23.2 Å². The molecule has 0 radical (unpaired) electrons. The predicted molar refractivity (Wildman–Crippen MR) is 112 cm³/mol. The molecule has 0 aromatic heterocycles. The lowest BCUT2D eigenvalue weighted by Crippen LogP contribution is -2.49. The van der Waals surface area contributed by atoms with Gasteiger partial charge in [-0.05, 0) is 58.0 Å². The number of nitrogens with zero attached hydrogens (tertiary/aromatic N) is 2. The van der Waals surface area contributed by atoms with Gasteiger partial charge in [-0.25, -0.2) is 12.7 Å². The molecule has 2 aliphatic heterocycles. The number of nitrogens with one attached hydrogen (secondary N) is 1. The second kappa shape index (κ2) is 9.30. The maximum absolute atomic E-state index is 12.9. The first-order valence-electron chi connectivity index (χ1n) is 9.66. The number of halogens is 2. The zero-order chi connectivity index (χ0) is 20.3. The van der Waals surface area contributed by atoms with Crippen LogP contribution < -0.4 is 5.32 Å². The van der Waals surface area contributed by atoms with Crippen LogP contribution in [0.3, 0.4) is 0 Å². The van der Waals surface area contributed by atoms with Crippen molar-refractivity contribution in [2.45, 2.75) is 37.5 Å². The summed E-state index contributed by atoms with van der Waals surface area (Å²) in [5, 5.41) is 3.80. The molecule has 156 valence electrons. The molecule has 2 aliphatic rings. The quantitative estimate of drug-likeness (QED) is 0.752. The van der Waals surface area contributed by atoms with Crippen LogP contribution in [0.2, 0.25) is 10.0 Å². The molecular weight excluding hydrogens is 421 g/mol. The van der Waals surface area contributed by atoms with Gasteiger partial charge in [0.05, 0.1) is 11.7 Å². The van der Waals surface area contributed by atoms with Crippen molar-refractivity contribution < 1.29 is 13.2 Å². The molecule has 0 saturated carbocycles. The van der Waals surface area contributed by atoms with E-state index < -0.39 is 10.0 Å². The van der Waals surface area contributed by atoms with E-state index in [0.717, 1.165) is 25.9 Å². The maximum atomic E-state index is 12.9. The molecule has 2 saturated heterocycles. The van der Waals surface area contributed by atoms with Crippen LogP contribution in [0.5, 0.6) is 0 Å². The van der Waals surface area contributed by atoms with Crippen LogP contribution in [-0.4, -0.2) is 62.8 Å². The molecule has 0 aliphatic carbocycles. The summed E-state index contributed by atoms with van der Waals surface area (Å²) in [5.74, 6) is -0.607. The van der Waals surface area contributed by atoms with E-state index in [1.54, 1.807) is 18.2 Å². The summed E-state index contributed by atoms with van der Waals surface area (Å²) in [6.45, 7) is 2.56. The number of sulfonamides is 1. The average Bonchev–Trinajstić information content (AvgIpc) is 2.67. The van der Waals surface area contributed by atoms with Crippen molar-refractivity contribution in [2.24, 2.45) is 5.92 Å². The molecule has 3 rings (SSSR count). The van der Waals surface area contributed by atoms with Gasteiger partial charge in [0.2, 0.25) is 15.9 Å². The first-order chi connectivity index (χ1) is 13.3. The molecule has 2 heterocycles. The van der Waals surface area contributed by atoms with E-state index >= 15 is 0 Å². The molecule has 9 heteroatoms. The Labute approximate surface area is 177 Å². The van der Waals surface area contributed by atoms with Crippen LogP contribution in [-0.2, 0) is 20.6 Å². The van der Waals surface area contributed by atoms with Crippen LogP contribution >= 0.6 is 23.2 Å². The number of amides is 1. The molecular formula is C19H27Cl2N3O3S. The molecule has 28 heavy (non-hydrogen) atoms. The largest absolute Gasteiger partial charge is 0.353 e. The first kappa shape index (κ1) is 21.8. The third-order valence-corrected chi connectivity index (χ3v) is 8.08. The van der Waals surface area contributed by atoms with Gasteiger partial charge in [0.25, 0.3) is 0 Å². The normalized spacial score (nSPS) is 22.9. The lowest BCUT2D eigenvalue weighted by Gasteiger charge is -2.34. The fourth-order valence-electron chi connectivity index (χ4n) is 3.82. The summed E-state index contributed by atoms with van der Waals surface area (Å²) < 4.78 is 27.3. The van der Waals surface area contributed by atoms with Crippen LogP contribution in [0, 0.1) is 5.92 Å². The lowest BCUT2D eigenvalue weighted by atomic mass is 9.97. The first-order valence-corrected chi connectivity index (χ1v) is 12.0. The minimum Gasteiger partial charge on any atom is -0.353 e. The highest BCUT2D eigenvalue weighted by Gasteiger charge is 2.34. The Bertz CT molecular complexity index is 790. The Kier molecular flexibility index (Phi) is 7.26. The molecule has 1 aromatic rings. The van der Waals surface area contributed by atoms with E-state index in [1.165, 1.54) is 4.31 Å². The van der Waals surface area contributed by atoms with Gasteiger partial charge in [-0.2, -0.15) is 0 Å². The number of rotatable bonds is 5. The standard InChI is InChI=1S/C19H27Cl2N3O3S/c1-23-10-7-15(8-11-23)22-19(25)14-4-3-9-24(12-14)28(26,27)13-16-17(20)5-2-6-18(16)21/h2,5-6,14-15H,3-4,7-13H2,1H3,(H,22,25).